The molecule has 23 heavy (non-hydrogen) atoms. The summed E-state index contributed by atoms with van der Waals surface area (Å²) in [6.07, 6.45) is 1.42. The zero-order chi connectivity index (χ0) is 16.8. The van der Waals surface area contributed by atoms with Crippen LogP contribution in [0.3, 0.4) is 0 Å². The smallest absolute Gasteiger partial charge is 0.344 e. The fraction of sp³-hybridized carbons (Fsp3) is 0.353. The standard InChI is InChI=1S/C17H19N4O2/c1-4-15-17(16(5-2)21(20-15)6-7-22)23-14-9-12(11-18)8-13(10-14)19-3/h3,8-10,22H,4-7H2,1-2H3/q+1. The zero-order valence-electron chi connectivity index (χ0n) is 13.3. The van der Waals surface area contributed by atoms with Crippen molar-refractivity contribution in [2.45, 2.75) is 33.2 Å². The first-order valence-corrected chi connectivity index (χ1v) is 7.50. The highest BCUT2D eigenvalue weighted by molar-refractivity contribution is 5.56. The minimum Gasteiger partial charge on any atom is -0.453 e. The number of aliphatic hydroxyl groups excluding tert-OH is 1. The van der Waals surface area contributed by atoms with Crippen molar-refractivity contribution in [2.75, 3.05) is 6.61 Å². The van der Waals surface area contributed by atoms with E-state index in [1.807, 2.05) is 13.8 Å². The van der Waals surface area contributed by atoms with Crippen LogP contribution >= 0.6 is 0 Å². The van der Waals surface area contributed by atoms with Gasteiger partial charge in [-0.3, -0.25) is 4.68 Å². The molecule has 0 atom stereocenters. The number of ether oxygens (including phenoxy) is 1. The van der Waals surface area contributed by atoms with Crippen molar-refractivity contribution in [1.29, 1.82) is 5.26 Å². The fourth-order valence-electron chi connectivity index (χ4n) is 2.41. The van der Waals surface area contributed by atoms with Crippen molar-refractivity contribution in [1.82, 2.24) is 9.78 Å². The second-order valence-electron chi connectivity index (χ2n) is 4.93. The van der Waals surface area contributed by atoms with Crippen LogP contribution in [0.5, 0.6) is 11.5 Å². The lowest BCUT2D eigenvalue weighted by Crippen LogP contribution is -2.07. The lowest BCUT2D eigenvalue weighted by molar-refractivity contribution is 0.267. The second kappa shape index (κ2) is 7.44. The monoisotopic (exact) mass is 311 g/mol. The van der Waals surface area contributed by atoms with Crippen LogP contribution in [0.4, 0.5) is 5.69 Å². The van der Waals surface area contributed by atoms with Gasteiger partial charge in [-0.25, -0.2) is 0 Å². The Labute approximate surface area is 135 Å². The maximum atomic E-state index is 9.17. The molecule has 2 aromatic rings. The van der Waals surface area contributed by atoms with E-state index in [0.717, 1.165) is 11.4 Å². The van der Waals surface area contributed by atoms with Crippen molar-refractivity contribution in [3.63, 3.8) is 0 Å². The van der Waals surface area contributed by atoms with Crippen LogP contribution in [0.1, 0.15) is 30.8 Å². The average Bonchev–Trinajstić information content (AvgIpc) is 2.91. The first-order valence-electron chi connectivity index (χ1n) is 7.50. The molecule has 1 N–H and O–H groups in total. The average molecular weight is 311 g/mol. The van der Waals surface area contributed by atoms with Crippen molar-refractivity contribution >= 4 is 5.69 Å². The molecule has 0 radical (unpaired) electrons. The van der Waals surface area contributed by atoms with E-state index >= 15 is 0 Å². The minimum absolute atomic E-state index is 0.0113. The van der Waals surface area contributed by atoms with Gasteiger partial charge in [0.05, 0.1) is 36.5 Å². The van der Waals surface area contributed by atoms with Gasteiger partial charge in [-0.2, -0.15) is 10.4 Å². The number of aromatic nitrogens is 2. The van der Waals surface area contributed by atoms with E-state index in [9.17, 15) is 5.11 Å². The van der Waals surface area contributed by atoms with Crippen LogP contribution in [-0.2, 0) is 19.4 Å². The molecule has 0 aliphatic rings. The van der Waals surface area contributed by atoms with Crippen molar-refractivity contribution < 1.29 is 9.84 Å². The molecule has 0 bridgehead atoms. The van der Waals surface area contributed by atoms with Gasteiger partial charge >= 0.3 is 5.69 Å². The van der Waals surface area contributed by atoms with Crippen molar-refractivity contribution in [3.8, 4) is 24.1 Å². The van der Waals surface area contributed by atoms with Gasteiger partial charge in [0.15, 0.2) is 5.75 Å². The van der Waals surface area contributed by atoms with Crippen LogP contribution in [0.15, 0.2) is 18.2 Å². The molecule has 1 heterocycles. The Kier molecular flexibility index (Phi) is 5.35. The summed E-state index contributed by atoms with van der Waals surface area (Å²) >= 11 is 0. The molecule has 1 aromatic carbocycles. The fourth-order valence-corrected chi connectivity index (χ4v) is 2.41. The maximum Gasteiger partial charge on any atom is 0.344 e. The van der Waals surface area contributed by atoms with Crippen LogP contribution in [0, 0.1) is 17.9 Å². The Morgan fingerprint density at radius 2 is 2.13 bits per heavy atom. The Morgan fingerprint density at radius 3 is 2.70 bits per heavy atom. The van der Waals surface area contributed by atoms with E-state index in [2.05, 4.69) is 16.0 Å². The van der Waals surface area contributed by atoms with Crippen molar-refractivity contribution in [3.05, 3.63) is 40.0 Å². The summed E-state index contributed by atoms with van der Waals surface area (Å²) in [6, 6.07) is 6.95. The summed E-state index contributed by atoms with van der Waals surface area (Å²) in [7, 11) is 0. The molecule has 2 rings (SSSR count). The van der Waals surface area contributed by atoms with Gasteiger partial charge in [0.2, 0.25) is 0 Å². The van der Waals surface area contributed by atoms with Gasteiger partial charge in [-0.1, -0.05) is 13.8 Å². The molecule has 0 saturated heterocycles. The number of hydrogen-bond donors (Lipinski definition) is 1. The number of hydrogen-bond acceptors (Lipinski definition) is 4. The summed E-state index contributed by atoms with van der Waals surface area (Å²) in [5.41, 5.74) is 2.61. The molecule has 0 aliphatic carbocycles. The lowest BCUT2D eigenvalue weighted by atomic mass is 10.2. The Morgan fingerprint density at radius 1 is 1.35 bits per heavy atom. The molecule has 6 heteroatoms. The molecule has 0 aliphatic heterocycles. The number of aryl methyl sites for hydroxylation is 1. The number of rotatable bonds is 6. The van der Waals surface area contributed by atoms with Crippen LogP contribution in [0.2, 0.25) is 0 Å². The normalized spacial score (nSPS) is 10.1. The third-order valence-corrected chi connectivity index (χ3v) is 3.45. The molecule has 0 spiro atoms. The van der Waals surface area contributed by atoms with Crippen LogP contribution in [-0.4, -0.2) is 21.5 Å². The highest BCUT2D eigenvalue weighted by Gasteiger charge is 2.19. The second-order valence-corrected chi connectivity index (χ2v) is 4.93. The summed E-state index contributed by atoms with van der Waals surface area (Å²) in [5.74, 6) is 1.16. The topological polar surface area (TPSA) is 75.4 Å². The first kappa shape index (κ1) is 16.5. The van der Waals surface area contributed by atoms with Crippen LogP contribution < -0.4 is 4.74 Å². The summed E-state index contributed by atoms with van der Waals surface area (Å²) < 4.78 is 7.76. The highest BCUT2D eigenvalue weighted by Crippen LogP contribution is 2.33. The van der Waals surface area contributed by atoms with Gasteiger partial charge in [0.25, 0.3) is 6.57 Å². The molecule has 0 amide bonds. The quantitative estimate of drug-likeness (QED) is 0.888. The van der Waals surface area contributed by atoms with Crippen LogP contribution in [0.25, 0.3) is 4.85 Å². The zero-order valence-corrected chi connectivity index (χ0v) is 13.3. The van der Waals surface area contributed by atoms with Gasteiger partial charge in [0.1, 0.15) is 11.4 Å². The first-order chi connectivity index (χ1) is 11.2. The summed E-state index contributed by atoms with van der Waals surface area (Å²) in [5, 5.41) is 22.8. The van der Waals surface area contributed by atoms with E-state index in [-0.39, 0.29) is 6.61 Å². The van der Waals surface area contributed by atoms with E-state index in [0.29, 0.717) is 42.1 Å². The summed E-state index contributed by atoms with van der Waals surface area (Å²) in [4.78, 5) is 3.62. The molecular weight excluding hydrogens is 292 g/mol. The highest BCUT2D eigenvalue weighted by atomic mass is 16.5. The SMILES string of the molecule is C#[N+]c1cc(C#N)cc(Oc2c(CC)nn(CCO)c2CC)c1. The molecule has 6 nitrogen and oxygen atoms in total. The van der Waals surface area contributed by atoms with Gasteiger partial charge in [-0.15, -0.1) is 0 Å². The number of nitriles is 1. The third-order valence-electron chi connectivity index (χ3n) is 3.45. The molecule has 1 aromatic heterocycles. The maximum absolute atomic E-state index is 9.17. The molecule has 118 valence electrons. The van der Waals surface area contributed by atoms with Gasteiger partial charge in [0, 0.05) is 6.07 Å². The Balaban J connectivity index is 2.47. The molecule has 0 saturated carbocycles. The Hall–Kier alpha value is -2.83. The van der Waals surface area contributed by atoms with E-state index in [1.165, 1.54) is 0 Å². The third kappa shape index (κ3) is 3.50. The minimum atomic E-state index is 0.0113. The number of benzene rings is 1. The summed E-state index contributed by atoms with van der Waals surface area (Å²) in [6.45, 7) is 9.73. The van der Waals surface area contributed by atoms with E-state index in [4.69, 9.17) is 16.6 Å². The van der Waals surface area contributed by atoms with E-state index < -0.39 is 0 Å². The lowest BCUT2D eigenvalue weighted by Gasteiger charge is -2.08. The van der Waals surface area contributed by atoms with Crippen molar-refractivity contribution in [2.24, 2.45) is 0 Å². The Bertz CT molecular complexity index is 749. The molecule has 0 unspecified atom stereocenters. The predicted octanol–water partition coefficient (Wildman–Crippen LogP) is 3.26. The van der Waals surface area contributed by atoms with Gasteiger partial charge < -0.3 is 9.84 Å². The largest absolute Gasteiger partial charge is 0.453 e. The number of nitrogens with zero attached hydrogens (tertiary/aromatic N) is 4. The van der Waals surface area contributed by atoms with Gasteiger partial charge in [-0.05, 0) is 23.8 Å². The molecule has 0 fully saturated rings. The molecular formula is C17H19N4O2+. The predicted molar refractivity (Wildman–Crippen MR) is 87.3 cm³/mol. The van der Waals surface area contributed by atoms with E-state index in [1.54, 1.807) is 22.9 Å². The number of aliphatic hydroxyl groups is 1.